The molecule has 0 bridgehead atoms. The Hall–Kier alpha value is -2.81. The number of aliphatic hydroxyl groups excluding tert-OH is 1. The number of hydrogen-bond acceptors (Lipinski definition) is 7. The summed E-state index contributed by atoms with van der Waals surface area (Å²) in [7, 11) is 1.32. The highest BCUT2D eigenvalue weighted by atomic mass is 16.6. The van der Waals surface area contributed by atoms with Crippen molar-refractivity contribution in [3.63, 3.8) is 0 Å². The van der Waals surface area contributed by atoms with Gasteiger partial charge in [0.1, 0.15) is 0 Å². The Kier molecular flexibility index (Phi) is 7.30. The number of ether oxygens (including phenoxy) is 2. The lowest BCUT2D eigenvalue weighted by Crippen LogP contribution is -2.48. The van der Waals surface area contributed by atoms with E-state index in [2.05, 4.69) is 10.1 Å². The van der Waals surface area contributed by atoms with E-state index in [0.29, 0.717) is 11.1 Å². The number of morpholine rings is 1. The van der Waals surface area contributed by atoms with Crippen LogP contribution >= 0.6 is 0 Å². The Labute approximate surface area is 175 Å². The van der Waals surface area contributed by atoms with Gasteiger partial charge in [0, 0.05) is 13.0 Å². The van der Waals surface area contributed by atoms with Crippen molar-refractivity contribution >= 4 is 17.7 Å². The number of epoxide rings is 1. The quantitative estimate of drug-likeness (QED) is 0.168. The van der Waals surface area contributed by atoms with Crippen LogP contribution in [0.2, 0.25) is 0 Å². The molecule has 2 saturated heterocycles. The van der Waals surface area contributed by atoms with E-state index in [-0.39, 0.29) is 13.0 Å². The van der Waals surface area contributed by atoms with Crippen molar-refractivity contribution in [3.05, 3.63) is 59.3 Å². The van der Waals surface area contributed by atoms with Crippen molar-refractivity contribution in [2.45, 2.75) is 44.6 Å². The Morgan fingerprint density at radius 2 is 1.97 bits per heavy atom. The number of aliphatic hydroxyl groups is 2. The molecule has 8 nitrogen and oxygen atoms in total. The lowest BCUT2D eigenvalue weighted by molar-refractivity contribution is -0.138. The summed E-state index contributed by atoms with van der Waals surface area (Å²) in [5, 5.41) is 21.7. The molecule has 3 atom stereocenters. The largest absolute Gasteiger partial charge is 0.465 e. The van der Waals surface area contributed by atoms with Crippen LogP contribution in [-0.2, 0) is 23.9 Å². The van der Waals surface area contributed by atoms with Gasteiger partial charge in [0.2, 0.25) is 11.4 Å². The van der Waals surface area contributed by atoms with E-state index in [9.17, 15) is 19.5 Å². The number of carbonyl (C=O) groups is 3. The van der Waals surface area contributed by atoms with Crippen LogP contribution in [0.5, 0.6) is 0 Å². The number of hydrogen-bond donors (Lipinski definition) is 3. The molecule has 0 aliphatic carbocycles. The minimum atomic E-state index is -1.74. The van der Waals surface area contributed by atoms with Crippen LogP contribution in [0, 0.1) is 0 Å². The van der Waals surface area contributed by atoms with Crippen LogP contribution in [0.1, 0.15) is 27.2 Å². The zero-order chi connectivity index (χ0) is 22.5. The smallest absolute Gasteiger partial charge is 0.337 e. The SMILES string of the molecule is C\C=C(/C=C(C)/C=C/C=C/C=C(\C)C(=O)C12OC1C(O)(CCO)NC2=O)C(=O)OC. The molecule has 2 aliphatic rings. The Morgan fingerprint density at radius 1 is 1.27 bits per heavy atom. The maximum atomic E-state index is 12.7. The number of esters is 1. The van der Waals surface area contributed by atoms with Gasteiger partial charge in [-0.15, -0.1) is 0 Å². The lowest BCUT2D eigenvalue weighted by Gasteiger charge is -2.22. The highest BCUT2D eigenvalue weighted by molar-refractivity contribution is 6.21. The van der Waals surface area contributed by atoms with Crippen LogP contribution in [0.3, 0.4) is 0 Å². The van der Waals surface area contributed by atoms with E-state index >= 15 is 0 Å². The number of carbonyl (C=O) groups excluding carboxylic acids is 3. The molecular formula is C22H27NO7. The normalized spacial score (nSPS) is 29.3. The van der Waals surface area contributed by atoms with Gasteiger partial charge in [0.25, 0.3) is 5.91 Å². The number of rotatable bonds is 9. The fourth-order valence-corrected chi connectivity index (χ4v) is 3.26. The predicted molar refractivity (Wildman–Crippen MR) is 109 cm³/mol. The molecule has 0 aromatic rings. The second-order valence-electron chi connectivity index (χ2n) is 7.13. The fraction of sp³-hybridized carbons (Fsp3) is 0.409. The Balaban J connectivity index is 2.01. The van der Waals surface area contributed by atoms with Gasteiger partial charge in [-0.2, -0.15) is 0 Å². The zero-order valence-corrected chi connectivity index (χ0v) is 17.5. The van der Waals surface area contributed by atoms with Crippen LogP contribution in [0.15, 0.2) is 59.3 Å². The van der Waals surface area contributed by atoms with Gasteiger partial charge in [0.15, 0.2) is 11.8 Å². The highest BCUT2D eigenvalue weighted by Gasteiger charge is 2.80. The Morgan fingerprint density at radius 3 is 2.53 bits per heavy atom. The first-order valence-corrected chi connectivity index (χ1v) is 9.49. The third kappa shape index (κ3) is 4.51. The third-order valence-electron chi connectivity index (χ3n) is 4.95. The first kappa shape index (κ1) is 23.5. The van der Waals surface area contributed by atoms with Gasteiger partial charge in [0.05, 0.1) is 12.7 Å². The first-order valence-electron chi connectivity index (χ1n) is 9.49. The van der Waals surface area contributed by atoms with E-state index in [1.807, 2.05) is 6.92 Å². The van der Waals surface area contributed by atoms with Crippen LogP contribution in [-0.4, -0.2) is 59.0 Å². The summed E-state index contributed by atoms with van der Waals surface area (Å²) in [6.45, 7) is 4.78. The van der Waals surface area contributed by atoms with Crippen molar-refractivity contribution in [3.8, 4) is 0 Å². The van der Waals surface area contributed by atoms with Crippen molar-refractivity contribution in [2.75, 3.05) is 13.7 Å². The summed E-state index contributed by atoms with van der Waals surface area (Å²) >= 11 is 0. The number of methoxy groups -OCH3 is 1. The summed E-state index contributed by atoms with van der Waals surface area (Å²) in [6.07, 6.45) is 10.6. The van der Waals surface area contributed by atoms with Gasteiger partial charge >= 0.3 is 5.97 Å². The molecule has 3 unspecified atom stereocenters. The predicted octanol–water partition coefficient (Wildman–Crippen LogP) is 1.02. The van der Waals surface area contributed by atoms with Gasteiger partial charge in [-0.1, -0.05) is 42.0 Å². The van der Waals surface area contributed by atoms with Crippen LogP contribution in [0.25, 0.3) is 0 Å². The number of allylic oxidation sites excluding steroid dienone is 7. The zero-order valence-electron chi connectivity index (χ0n) is 17.5. The lowest BCUT2D eigenvalue weighted by atomic mass is 9.92. The number of fused-ring (bicyclic) bond motifs is 1. The van der Waals surface area contributed by atoms with Gasteiger partial charge < -0.3 is 25.0 Å². The summed E-state index contributed by atoms with van der Waals surface area (Å²) in [5.41, 5.74) is -1.89. The molecule has 2 aliphatic heterocycles. The van der Waals surface area contributed by atoms with Gasteiger partial charge in [-0.3, -0.25) is 9.59 Å². The molecule has 3 N–H and O–H groups in total. The summed E-state index contributed by atoms with van der Waals surface area (Å²) in [4.78, 5) is 36.5. The number of Topliss-reactive ketones (excluding diaryl/α,β-unsaturated/α-hetero) is 1. The maximum absolute atomic E-state index is 12.7. The minimum Gasteiger partial charge on any atom is -0.465 e. The molecule has 0 spiro atoms. The van der Waals surface area contributed by atoms with E-state index in [0.717, 1.165) is 5.57 Å². The molecule has 8 heteroatoms. The standard InChI is InChI=1S/C22H27NO7/c1-5-16(18(26)29-4)13-14(2)9-7-6-8-10-15(3)17(25)22-19(30-22)21(28,11-12-24)23-20(22)27/h5-10,13,19,24,28H,11-12H2,1-4H3,(H,23,27)/b8-6+,9-7+,14-13+,15-10+,16-5+. The third-order valence-corrected chi connectivity index (χ3v) is 4.95. The molecule has 0 radical (unpaired) electrons. The molecule has 0 aromatic carbocycles. The first-order chi connectivity index (χ1) is 14.2. The highest BCUT2D eigenvalue weighted by Crippen LogP contribution is 2.50. The average Bonchev–Trinajstić information content (AvgIpc) is 3.44. The van der Waals surface area contributed by atoms with Crippen molar-refractivity contribution in [1.82, 2.24) is 5.32 Å². The maximum Gasteiger partial charge on any atom is 0.337 e. The molecular weight excluding hydrogens is 390 g/mol. The summed E-state index contributed by atoms with van der Waals surface area (Å²) in [5.74, 6) is -1.64. The minimum absolute atomic E-state index is 0.121. The van der Waals surface area contributed by atoms with E-state index in [4.69, 9.17) is 9.84 Å². The molecule has 0 saturated carbocycles. The van der Waals surface area contributed by atoms with Gasteiger partial charge in [-0.25, -0.2) is 4.79 Å². The Bertz CT molecular complexity index is 880. The van der Waals surface area contributed by atoms with Crippen molar-refractivity contribution in [1.29, 1.82) is 0 Å². The second-order valence-corrected chi connectivity index (χ2v) is 7.13. The van der Waals surface area contributed by atoms with Crippen LogP contribution in [0.4, 0.5) is 0 Å². The fourth-order valence-electron chi connectivity index (χ4n) is 3.26. The summed E-state index contributed by atoms with van der Waals surface area (Å²) < 4.78 is 9.97. The van der Waals surface area contributed by atoms with Crippen molar-refractivity contribution in [2.24, 2.45) is 0 Å². The molecule has 1 amide bonds. The second kappa shape index (κ2) is 9.34. The molecule has 2 heterocycles. The summed E-state index contributed by atoms with van der Waals surface area (Å²) in [6, 6.07) is 0. The number of nitrogens with one attached hydrogen (secondary N) is 1. The number of amides is 1. The molecule has 162 valence electrons. The number of ketones is 1. The van der Waals surface area contributed by atoms with E-state index in [1.165, 1.54) is 7.11 Å². The average molecular weight is 417 g/mol. The molecule has 30 heavy (non-hydrogen) atoms. The monoisotopic (exact) mass is 417 g/mol. The molecule has 2 fully saturated rings. The van der Waals surface area contributed by atoms with E-state index < -0.39 is 35.1 Å². The van der Waals surface area contributed by atoms with E-state index in [1.54, 1.807) is 56.4 Å². The topological polar surface area (TPSA) is 125 Å². The molecule has 2 rings (SSSR count). The van der Waals surface area contributed by atoms with Crippen molar-refractivity contribution < 1.29 is 34.1 Å². The van der Waals surface area contributed by atoms with Crippen LogP contribution < -0.4 is 5.32 Å². The molecule has 0 aromatic heterocycles. The van der Waals surface area contributed by atoms with Gasteiger partial charge in [-0.05, 0) is 32.4 Å².